The van der Waals surface area contributed by atoms with Crippen molar-refractivity contribution >= 4 is 17.3 Å². The van der Waals surface area contributed by atoms with Crippen molar-refractivity contribution in [1.29, 1.82) is 0 Å². The Balaban J connectivity index is 1.98. The Morgan fingerprint density at radius 1 is 1.54 bits per heavy atom. The maximum absolute atomic E-state index is 9.08. The van der Waals surface area contributed by atoms with Crippen LogP contribution in [0.2, 0.25) is 5.02 Å². The number of aliphatic hydroxyl groups is 1. The minimum Gasteiger partial charge on any atom is -0.393 e. The van der Waals surface area contributed by atoms with Gasteiger partial charge in [-0.05, 0) is 18.9 Å². The van der Waals surface area contributed by atoms with Crippen LogP contribution in [0.25, 0.3) is 0 Å². The van der Waals surface area contributed by atoms with Gasteiger partial charge in [-0.1, -0.05) is 11.6 Å². The molecule has 1 aliphatic carbocycles. The van der Waals surface area contributed by atoms with Crippen LogP contribution in [0.1, 0.15) is 12.8 Å². The summed E-state index contributed by atoms with van der Waals surface area (Å²) < 4.78 is 0. The van der Waals surface area contributed by atoms with Crippen LogP contribution >= 0.6 is 11.6 Å². The molecule has 0 aliphatic heterocycles. The molecule has 3 nitrogen and oxygen atoms in total. The van der Waals surface area contributed by atoms with Crippen molar-refractivity contribution in [3.8, 4) is 0 Å². The third kappa shape index (κ3) is 1.92. The maximum atomic E-state index is 9.08. The largest absolute Gasteiger partial charge is 0.393 e. The van der Waals surface area contributed by atoms with Crippen LogP contribution in [0.4, 0.5) is 5.69 Å². The van der Waals surface area contributed by atoms with E-state index in [1.807, 2.05) is 6.07 Å². The van der Waals surface area contributed by atoms with E-state index >= 15 is 0 Å². The lowest BCUT2D eigenvalue weighted by atomic mass is 9.89. The van der Waals surface area contributed by atoms with Crippen molar-refractivity contribution in [2.45, 2.75) is 25.0 Å². The Morgan fingerprint density at radius 3 is 2.92 bits per heavy atom. The second kappa shape index (κ2) is 3.52. The quantitative estimate of drug-likeness (QED) is 0.760. The van der Waals surface area contributed by atoms with Crippen molar-refractivity contribution in [1.82, 2.24) is 4.98 Å². The highest BCUT2D eigenvalue weighted by Gasteiger charge is 2.27. The van der Waals surface area contributed by atoms with E-state index < -0.39 is 0 Å². The summed E-state index contributed by atoms with van der Waals surface area (Å²) in [7, 11) is 0. The SMILES string of the molecule is OC1CC(Nc2ccncc2Cl)C1. The first kappa shape index (κ1) is 8.78. The summed E-state index contributed by atoms with van der Waals surface area (Å²) in [6.45, 7) is 0. The van der Waals surface area contributed by atoms with Gasteiger partial charge < -0.3 is 10.4 Å². The number of anilines is 1. The molecule has 1 fully saturated rings. The van der Waals surface area contributed by atoms with Gasteiger partial charge in [-0.2, -0.15) is 0 Å². The molecule has 4 heteroatoms. The molecule has 0 spiro atoms. The predicted molar refractivity (Wildman–Crippen MR) is 51.9 cm³/mol. The van der Waals surface area contributed by atoms with E-state index in [1.54, 1.807) is 12.4 Å². The van der Waals surface area contributed by atoms with Crippen LogP contribution < -0.4 is 5.32 Å². The Labute approximate surface area is 81.8 Å². The molecule has 1 saturated carbocycles. The minimum atomic E-state index is -0.141. The van der Waals surface area contributed by atoms with Crippen molar-refractivity contribution < 1.29 is 5.11 Å². The van der Waals surface area contributed by atoms with E-state index in [4.69, 9.17) is 16.7 Å². The molecule has 1 aliphatic rings. The molecule has 1 heterocycles. The highest BCUT2D eigenvalue weighted by atomic mass is 35.5. The van der Waals surface area contributed by atoms with Gasteiger partial charge in [0.15, 0.2) is 0 Å². The Morgan fingerprint density at radius 2 is 2.31 bits per heavy atom. The molecule has 0 aromatic carbocycles. The number of pyridine rings is 1. The molecule has 0 unspecified atom stereocenters. The number of nitrogens with one attached hydrogen (secondary N) is 1. The lowest BCUT2D eigenvalue weighted by molar-refractivity contribution is 0.0836. The first-order chi connectivity index (χ1) is 6.25. The number of hydrogen-bond donors (Lipinski definition) is 2. The summed E-state index contributed by atoms with van der Waals surface area (Å²) in [5, 5.41) is 13.0. The number of hydrogen-bond acceptors (Lipinski definition) is 3. The van der Waals surface area contributed by atoms with Gasteiger partial charge >= 0.3 is 0 Å². The molecule has 2 rings (SSSR count). The number of aromatic nitrogens is 1. The second-order valence-electron chi connectivity index (χ2n) is 3.32. The van der Waals surface area contributed by atoms with Gasteiger partial charge in [0, 0.05) is 18.4 Å². The number of halogens is 1. The van der Waals surface area contributed by atoms with Crippen molar-refractivity contribution in [3.63, 3.8) is 0 Å². The lowest BCUT2D eigenvalue weighted by Gasteiger charge is -2.32. The van der Waals surface area contributed by atoms with Gasteiger partial charge in [0.2, 0.25) is 0 Å². The van der Waals surface area contributed by atoms with Crippen LogP contribution in [0.5, 0.6) is 0 Å². The summed E-state index contributed by atoms with van der Waals surface area (Å²) in [5.74, 6) is 0. The third-order valence-electron chi connectivity index (χ3n) is 2.25. The number of nitrogens with zero attached hydrogens (tertiary/aromatic N) is 1. The molecule has 0 amide bonds. The van der Waals surface area contributed by atoms with Gasteiger partial charge in [-0.3, -0.25) is 4.98 Å². The van der Waals surface area contributed by atoms with E-state index in [-0.39, 0.29) is 6.10 Å². The van der Waals surface area contributed by atoms with Crippen LogP contribution in [0, 0.1) is 0 Å². The van der Waals surface area contributed by atoms with Gasteiger partial charge in [0.05, 0.1) is 16.8 Å². The van der Waals surface area contributed by atoms with E-state index in [0.717, 1.165) is 18.5 Å². The van der Waals surface area contributed by atoms with E-state index in [1.165, 1.54) is 0 Å². The molecule has 70 valence electrons. The van der Waals surface area contributed by atoms with Gasteiger partial charge in [0.1, 0.15) is 0 Å². The summed E-state index contributed by atoms with van der Waals surface area (Å²) >= 11 is 5.90. The molecule has 13 heavy (non-hydrogen) atoms. The van der Waals surface area contributed by atoms with Crippen molar-refractivity contribution in [2.24, 2.45) is 0 Å². The molecule has 1 aromatic heterocycles. The minimum absolute atomic E-state index is 0.141. The molecule has 0 saturated heterocycles. The predicted octanol–water partition coefficient (Wildman–Crippen LogP) is 1.67. The first-order valence-corrected chi connectivity index (χ1v) is 4.67. The zero-order valence-corrected chi connectivity index (χ0v) is 7.83. The Bertz CT molecular complexity index is 299. The summed E-state index contributed by atoms with van der Waals surface area (Å²) in [6.07, 6.45) is 4.78. The molecular formula is C9H11ClN2O. The number of aliphatic hydroxyl groups excluding tert-OH is 1. The highest BCUT2D eigenvalue weighted by Crippen LogP contribution is 2.27. The molecule has 1 aromatic rings. The van der Waals surface area contributed by atoms with Crippen LogP contribution in [0.15, 0.2) is 18.5 Å². The zero-order valence-electron chi connectivity index (χ0n) is 7.07. The summed E-state index contributed by atoms with van der Waals surface area (Å²) in [6, 6.07) is 2.20. The smallest absolute Gasteiger partial charge is 0.0820 e. The molecule has 2 N–H and O–H groups in total. The van der Waals surface area contributed by atoms with Crippen LogP contribution in [-0.4, -0.2) is 22.2 Å². The van der Waals surface area contributed by atoms with E-state index in [2.05, 4.69) is 10.3 Å². The Kier molecular flexibility index (Phi) is 2.38. The molecular weight excluding hydrogens is 188 g/mol. The van der Waals surface area contributed by atoms with Gasteiger partial charge in [-0.25, -0.2) is 0 Å². The average Bonchev–Trinajstić information content (AvgIpc) is 2.06. The molecule has 0 atom stereocenters. The lowest BCUT2D eigenvalue weighted by Crippen LogP contribution is -2.38. The Hall–Kier alpha value is -0.800. The second-order valence-corrected chi connectivity index (χ2v) is 3.73. The number of rotatable bonds is 2. The van der Waals surface area contributed by atoms with Gasteiger partial charge in [-0.15, -0.1) is 0 Å². The fourth-order valence-electron chi connectivity index (χ4n) is 1.42. The highest BCUT2D eigenvalue weighted by molar-refractivity contribution is 6.33. The van der Waals surface area contributed by atoms with Crippen molar-refractivity contribution in [3.05, 3.63) is 23.5 Å². The monoisotopic (exact) mass is 198 g/mol. The van der Waals surface area contributed by atoms with Gasteiger partial charge in [0.25, 0.3) is 0 Å². The molecule has 0 radical (unpaired) electrons. The van der Waals surface area contributed by atoms with Crippen molar-refractivity contribution in [2.75, 3.05) is 5.32 Å². The molecule has 0 bridgehead atoms. The fraction of sp³-hybridized carbons (Fsp3) is 0.444. The zero-order chi connectivity index (χ0) is 9.26. The van der Waals surface area contributed by atoms with E-state index in [0.29, 0.717) is 11.1 Å². The standard InChI is InChI=1S/C9H11ClN2O/c10-8-5-11-2-1-9(8)12-6-3-7(13)4-6/h1-2,5-7,13H,3-4H2,(H,11,12). The maximum Gasteiger partial charge on any atom is 0.0820 e. The van der Waals surface area contributed by atoms with E-state index in [9.17, 15) is 0 Å². The average molecular weight is 199 g/mol. The first-order valence-electron chi connectivity index (χ1n) is 4.30. The summed E-state index contributed by atoms with van der Waals surface area (Å²) in [5.41, 5.74) is 0.897. The van der Waals surface area contributed by atoms with Crippen LogP contribution in [-0.2, 0) is 0 Å². The fourth-order valence-corrected chi connectivity index (χ4v) is 1.59. The summed E-state index contributed by atoms with van der Waals surface area (Å²) in [4.78, 5) is 3.89. The third-order valence-corrected chi connectivity index (χ3v) is 2.55. The topological polar surface area (TPSA) is 45.1 Å². The normalized spacial score (nSPS) is 26.6. The van der Waals surface area contributed by atoms with Crippen LogP contribution in [0.3, 0.4) is 0 Å².